The molecule has 1 unspecified atom stereocenters. The third kappa shape index (κ3) is 3.55. The van der Waals surface area contributed by atoms with Gasteiger partial charge in [-0.3, -0.25) is 0 Å². The van der Waals surface area contributed by atoms with Crippen molar-refractivity contribution < 1.29 is 0 Å². The maximum atomic E-state index is 5.90. The lowest BCUT2D eigenvalue weighted by Crippen LogP contribution is -2.30. The van der Waals surface area contributed by atoms with Crippen LogP contribution in [-0.2, 0) is 0 Å². The molecule has 3 nitrogen and oxygen atoms in total. The summed E-state index contributed by atoms with van der Waals surface area (Å²) in [6.07, 6.45) is 1.86. The molecule has 3 aromatic rings. The molecule has 1 aromatic heterocycles. The van der Waals surface area contributed by atoms with E-state index in [0.29, 0.717) is 5.11 Å². The zero-order valence-electron chi connectivity index (χ0n) is 11.8. The van der Waals surface area contributed by atoms with Crippen LogP contribution >= 0.6 is 35.4 Å². The Bertz CT molecular complexity index is 799. The fourth-order valence-electron chi connectivity index (χ4n) is 2.15. The van der Waals surface area contributed by atoms with Gasteiger partial charge in [0.2, 0.25) is 0 Å². The SMILES string of the molecule is CC(NC(=S)Nc1ccc2sncc2c1)c1ccc(Cl)cc1. The average molecular weight is 348 g/mol. The van der Waals surface area contributed by atoms with Crippen LogP contribution in [0.5, 0.6) is 0 Å². The first kappa shape index (κ1) is 15.2. The molecule has 0 radical (unpaired) electrons. The van der Waals surface area contributed by atoms with Gasteiger partial charge in [0.05, 0.1) is 10.7 Å². The van der Waals surface area contributed by atoms with Gasteiger partial charge in [-0.25, -0.2) is 0 Å². The van der Waals surface area contributed by atoms with Gasteiger partial charge in [0.15, 0.2) is 5.11 Å². The Morgan fingerprint density at radius 1 is 1.23 bits per heavy atom. The normalized spacial score (nSPS) is 12.1. The summed E-state index contributed by atoms with van der Waals surface area (Å²) in [5, 5.41) is 8.91. The number of nitrogens with zero attached hydrogens (tertiary/aromatic N) is 1. The molecular weight excluding hydrogens is 334 g/mol. The van der Waals surface area contributed by atoms with Crippen LogP contribution in [0, 0.1) is 0 Å². The molecule has 0 bridgehead atoms. The van der Waals surface area contributed by atoms with Gasteiger partial charge in [-0.15, -0.1) is 0 Å². The molecule has 2 aromatic carbocycles. The first-order chi connectivity index (χ1) is 10.6. The topological polar surface area (TPSA) is 37.0 Å². The van der Waals surface area contributed by atoms with Crippen molar-refractivity contribution in [3.63, 3.8) is 0 Å². The zero-order chi connectivity index (χ0) is 15.5. The van der Waals surface area contributed by atoms with E-state index in [2.05, 4.69) is 21.9 Å². The number of nitrogens with one attached hydrogen (secondary N) is 2. The lowest BCUT2D eigenvalue weighted by Gasteiger charge is -2.17. The minimum Gasteiger partial charge on any atom is -0.356 e. The van der Waals surface area contributed by atoms with Gasteiger partial charge >= 0.3 is 0 Å². The van der Waals surface area contributed by atoms with Gasteiger partial charge in [-0.1, -0.05) is 23.7 Å². The van der Waals surface area contributed by atoms with E-state index < -0.39 is 0 Å². The maximum Gasteiger partial charge on any atom is 0.171 e. The fourth-order valence-corrected chi connectivity index (χ4v) is 3.20. The van der Waals surface area contributed by atoms with E-state index in [1.165, 1.54) is 16.2 Å². The lowest BCUT2D eigenvalue weighted by molar-refractivity contribution is 0.723. The number of rotatable bonds is 3. The quantitative estimate of drug-likeness (QED) is 0.654. The molecule has 0 aliphatic carbocycles. The van der Waals surface area contributed by atoms with Gasteiger partial charge in [0.25, 0.3) is 0 Å². The van der Waals surface area contributed by atoms with E-state index in [-0.39, 0.29) is 6.04 Å². The smallest absolute Gasteiger partial charge is 0.171 e. The van der Waals surface area contributed by atoms with E-state index in [0.717, 1.165) is 21.7 Å². The molecule has 0 fully saturated rings. The largest absolute Gasteiger partial charge is 0.356 e. The van der Waals surface area contributed by atoms with Crippen LogP contribution in [0.15, 0.2) is 48.7 Å². The molecule has 112 valence electrons. The van der Waals surface area contributed by atoms with Crippen molar-refractivity contribution in [2.45, 2.75) is 13.0 Å². The molecule has 0 saturated heterocycles. The average Bonchev–Trinajstić information content (AvgIpc) is 2.95. The molecule has 6 heteroatoms. The third-order valence-electron chi connectivity index (χ3n) is 3.33. The second-order valence-corrected chi connectivity index (χ2v) is 6.63. The number of hydrogen-bond acceptors (Lipinski definition) is 3. The predicted molar refractivity (Wildman–Crippen MR) is 98.8 cm³/mol. The minimum absolute atomic E-state index is 0.101. The molecule has 1 atom stereocenters. The second kappa shape index (κ2) is 6.60. The van der Waals surface area contributed by atoms with Crippen LogP contribution < -0.4 is 10.6 Å². The van der Waals surface area contributed by atoms with Crippen LogP contribution in [0.3, 0.4) is 0 Å². The summed E-state index contributed by atoms with van der Waals surface area (Å²) in [6.45, 7) is 2.06. The van der Waals surface area contributed by atoms with Gasteiger partial charge < -0.3 is 10.6 Å². The van der Waals surface area contributed by atoms with Crippen molar-refractivity contribution in [2.24, 2.45) is 0 Å². The number of aromatic nitrogens is 1. The number of thiocarbonyl (C=S) groups is 1. The van der Waals surface area contributed by atoms with E-state index >= 15 is 0 Å². The molecule has 0 amide bonds. The predicted octanol–water partition coefficient (Wildman–Crippen LogP) is 5.00. The van der Waals surface area contributed by atoms with Crippen LogP contribution in [0.25, 0.3) is 10.1 Å². The van der Waals surface area contributed by atoms with Crippen molar-refractivity contribution in [1.82, 2.24) is 9.69 Å². The molecule has 2 N–H and O–H groups in total. The Kier molecular flexibility index (Phi) is 4.57. The van der Waals surface area contributed by atoms with E-state index in [1.54, 1.807) is 0 Å². The van der Waals surface area contributed by atoms with E-state index in [4.69, 9.17) is 23.8 Å². The summed E-state index contributed by atoms with van der Waals surface area (Å²) in [5.41, 5.74) is 2.08. The molecule has 0 saturated carbocycles. The Morgan fingerprint density at radius 3 is 2.77 bits per heavy atom. The first-order valence-electron chi connectivity index (χ1n) is 6.79. The Balaban J connectivity index is 1.65. The van der Waals surface area contributed by atoms with Crippen molar-refractivity contribution in [1.29, 1.82) is 0 Å². The molecule has 22 heavy (non-hydrogen) atoms. The number of benzene rings is 2. The number of halogens is 1. The number of hydrogen-bond donors (Lipinski definition) is 2. The van der Waals surface area contributed by atoms with Gasteiger partial charge in [-0.05, 0) is 66.6 Å². The summed E-state index contributed by atoms with van der Waals surface area (Å²) in [7, 11) is 0. The maximum absolute atomic E-state index is 5.90. The van der Waals surface area contributed by atoms with Crippen molar-refractivity contribution in [3.8, 4) is 0 Å². The number of anilines is 1. The Morgan fingerprint density at radius 2 is 2.00 bits per heavy atom. The minimum atomic E-state index is 0.101. The van der Waals surface area contributed by atoms with Gasteiger partial charge in [-0.2, -0.15) is 4.37 Å². The molecule has 3 rings (SSSR count). The van der Waals surface area contributed by atoms with Crippen molar-refractivity contribution in [3.05, 3.63) is 59.2 Å². The highest BCUT2D eigenvalue weighted by Crippen LogP contribution is 2.22. The molecule has 0 aliphatic heterocycles. The lowest BCUT2D eigenvalue weighted by atomic mass is 10.1. The summed E-state index contributed by atoms with van der Waals surface area (Å²) in [4.78, 5) is 0. The van der Waals surface area contributed by atoms with Gasteiger partial charge in [0.1, 0.15) is 0 Å². The third-order valence-corrected chi connectivity index (χ3v) is 4.58. The summed E-state index contributed by atoms with van der Waals surface area (Å²) >= 11 is 12.8. The number of fused-ring (bicyclic) bond motifs is 1. The summed E-state index contributed by atoms with van der Waals surface area (Å²) in [5.74, 6) is 0. The van der Waals surface area contributed by atoms with E-state index in [9.17, 15) is 0 Å². The van der Waals surface area contributed by atoms with Crippen molar-refractivity contribution >= 4 is 56.2 Å². The molecule has 0 aliphatic rings. The van der Waals surface area contributed by atoms with Crippen LogP contribution in [0.1, 0.15) is 18.5 Å². The monoisotopic (exact) mass is 347 g/mol. The highest BCUT2D eigenvalue weighted by atomic mass is 35.5. The highest BCUT2D eigenvalue weighted by molar-refractivity contribution is 7.80. The van der Waals surface area contributed by atoms with Gasteiger partial charge in [0, 0.05) is 22.3 Å². The highest BCUT2D eigenvalue weighted by Gasteiger charge is 2.07. The molecule has 0 spiro atoms. The first-order valence-corrected chi connectivity index (χ1v) is 8.35. The zero-order valence-corrected chi connectivity index (χ0v) is 14.2. The molecule has 1 heterocycles. The summed E-state index contributed by atoms with van der Waals surface area (Å²) < 4.78 is 5.34. The standard InChI is InChI=1S/C16H14ClN3S2/c1-10(11-2-4-13(17)5-3-11)19-16(21)20-14-6-7-15-12(8-14)9-18-22-15/h2-10H,1H3,(H2,19,20,21). The van der Waals surface area contributed by atoms with Crippen LogP contribution in [-0.4, -0.2) is 9.49 Å². The molecular formula is C16H14ClN3S2. The second-order valence-electron chi connectivity index (χ2n) is 4.95. The van der Waals surface area contributed by atoms with Crippen molar-refractivity contribution in [2.75, 3.05) is 5.32 Å². The fraction of sp³-hybridized carbons (Fsp3) is 0.125. The van der Waals surface area contributed by atoms with Crippen LogP contribution in [0.2, 0.25) is 5.02 Å². The van der Waals surface area contributed by atoms with Crippen LogP contribution in [0.4, 0.5) is 5.69 Å². The Labute approximate surface area is 143 Å². The summed E-state index contributed by atoms with van der Waals surface area (Å²) in [6, 6.07) is 13.9. The van der Waals surface area contributed by atoms with E-state index in [1.807, 2.05) is 48.7 Å². The Hall–Kier alpha value is -1.69.